The number of pyridine rings is 1. The van der Waals surface area contributed by atoms with E-state index in [1.807, 2.05) is 43.3 Å². The Labute approximate surface area is 148 Å². The molecule has 1 aromatic heterocycles. The van der Waals surface area contributed by atoms with Crippen LogP contribution in [0.1, 0.15) is 26.0 Å². The number of benzene rings is 1. The van der Waals surface area contributed by atoms with Crippen LogP contribution in [0, 0.1) is 0 Å². The second-order valence-electron chi connectivity index (χ2n) is 6.01. The van der Waals surface area contributed by atoms with Crippen LogP contribution in [-0.4, -0.2) is 30.8 Å². The van der Waals surface area contributed by atoms with E-state index in [9.17, 15) is 5.02 Å². The summed E-state index contributed by atoms with van der Waals surface area (Å²) in [4.78, 5) is 4.73. The molecule has 2 aromatic rings. The molecule has 1 aromatic carbocycles. The van der Waals surface area contributed by atoms with Crippen LogP contribution in [0.25, 0.3) is 16.8 Å². The Kier molecular flexibility index (Phi) is 5.29. The molecule has 0 aliphatic carbocycles. The van der Waals surface area contributed by atoms with Gasteiger partial charge in [0.1, 0.15) is 0 Å². The molecule has 0 fully saturated rings. The van der Waals surface area contributed by atoms with E-state index in [0.717, 1.165) is 28.9 Å². The zero-order valence-corrected chi connectivity index (χ0v) is 14.7. The van der Waals surface area contributed by atoms with Crippen LogP contribution < -0.4 is 9.47 Å². The van der Waals surface area contributed by atoms with Gasteiger partial charge >= 0.3 is 7.12 Å². The Morgan fingerprint density at radius 3 is 2.68 bits per heavy atom. The third kappa shape index (κ3) is 3.64. The Morgan fingerprint density at radius 2 is 2.00 bits per heavy atom. The van der Waals surface area contributed by atoms with Crippen molar-refractivity contribution < 1.29 is 19.2 Å². The van der Waals surface area contributed by atoms with E-state index in [2.05, 4.69) is 6.92 Å². The summed E-state index contributed by atoms with van der Waals surface area (Å²) in [5.74, 6) is 1.31. The fourth-order valence-corrected chi connectivity index (χ4v) is 2.73. The average molecular weight is 339 g/mol. The molecule has 5 nitrogen and oxygen atoms in total. The molecular formula is C19H22BNO4. The lowest BCUT2D eigenvalue weighted by atomic mass is 9.71. The van der Waals surface area contributed by atoms with Crippen LogP contribution in [0.4, 0.5) is 0 Å². The zero-order chi connectivity index (χ0) is 17.8. The largest absolute Gasteiger partial charge is 0.541 e. The van der Waals surface area contributed by atoms with Gasteiger partial charge in [0.15, 0.2) is 11.5 Å². The standard InChI is InChI=1S/C19H22BNO4/c1-4-10-24-19-11-14(8-9-18(19)23-3)16-6-5-7-17(21-16)15-12-25-20(22)13(15)2/h5-9,11-13,22H,4,10H2,1-3H3. The smallest absolute Gasteiger partial charge is 0.530 e. The Morgan fingerprint density at radius 1 is 1.20 bits per heavy atom. The fraction of sp³-hybridized carbons (Fsp3) is 0.316. The number of nitrogens with zero attached hydrogens (tertiary/aromatic N) is 1. The molecule has 0 saturated heterocycles. The highest BCUT2D eigenvalue weighted by molar-refractivity contribution is 6.49. The highest BCUT2D eigenvalue weighted by Gasteiger charge is 2.34. The van der Waals surface area contributed by atoms with Crippen molar-refractivity contribution in [1.82, 2.24) is 4.98 Å². The molecule has 3 rings (SSSR count). The summed E-state index contributed by atoms with van der Waals surface area (Å²) in [5, 5.41) is 9.76. The molecule has 130 valence electrons. The van der Waals surface area contributed by atoms with E-state index in [-0.39, 0.29) is 5.82 Å². The molecular weight excluding hydrogens is 317 g/mol. The maximum Gasteiger partial charge on any atom is 0.530 e. The summed E-state index contributed by atoms with van der Waals surface area (Å²) in [5.41, 5.74) is 3.47. The van der Waals surface area contributed by atoms with Crippen molar-refractivity contribution in [2.75, 3.05) is 13.7 Å². The van der Waals surface area contributed by atoms with Crippen molar-refractivity contribution >= 4 is 12.7 Å². The van der Waals surface area contributed by atoms with Crippen LogP contribution in [0.15, 0.2) is 42.7 Å². The van der Waals surface area contributed by atoms with Gasteiger partial charge in [0.25, 0.3) is 0 Å². The Balaban J connectivity index is 1.93. The molecule has 0 radical (unpaired) electrons. The van der Waals surface area contributed by atoms with E-state index >= 15 is 0 Å². The SMILES string of the molecule is CCCOc1cc(-c2cccc(C3=COB(O)C3C)n2)ccc1OC. The number of ether oxygens (including phenoxy) is 2. The molecule has 1 aliphatic heterocycles. The zero-order valence-electron chi connectivity index (χ0n) is 14.7. The van der Waals surface area contributed by atoms with Gasteiger partial charge in [-0.25, -0.2) is 4.98 Å². The van der Waals surface area contributed by atoms with Crippen molar-refractivity contribution in [3.63, 3.8) is 0 Å². The summed E-state index contributed by atoms with van der Waals surface area (Å²) in [6.07, 6.45) is 2.51. The van der Waals surface area contributed by atoms with Crippen LogP contribution >= 0.6 is 0 Å². The highest BCUT2D eigenvalue weighted by atomic mass is 16.5. The van der Waals surface area contributed by atoms with Crippen molar-refractivity contribution in [2.24, 2.45) is 0 Å². The molecule has 1 N–H and O–H groups in total. The first kappa shape index (κ1) is 17.4. The second kappa shape index (κ2) is 7.61. The first-order valence-electron chi connectivity index (χ1n) is 8.46. The highest BCUT2D eigenvalue weighted by Crippen LogP contribution is 2.36. The van der Waals surface area contributed by atoms with Crippen molar-refractivity contribution in [2.45, 2.75) is 26.1 Å². The maximum absolute atomic E-state index is 9.76. The van der Waals surface area contributed by atoms with Gasteiger partial charge in [0.05, 0.1) is 31.4 Å². The van der Waals surface area contributed by atoms with Gasteiger partial charge in [-0.1, -0.05) is 19.9 Å². The van der Waals surface area contributed by atoms with E-state index in [0.29, 0.717) is 18.1 Å². The molecule has 6 heteroatoms. The first-order chi connectivity index (χ1) is 12.1. The van der Waals surface area contributed by atoms with Gasteiger partial charge in [-0.2, -0.15) is 0 Å². The van der Waals surface area contributed by atoms with Crippen molar-refractivity contribution in [3.8, 4) is 22.8 Å². The number of rotatable bonds is 6. The third-order valence-electron chi connectivity index (χ3n) is 4.22. The predicted molar refractivity (Wildman–Crippen MR) is 98.5 cm³/mol. The first-order valence-corrected chi connectivity index (χ1v) is 8.46. The number of allylic oxidation sites excluding steroid dienone is 1. The number of methoxy groups -OCH3 is 1. The van der Waals surface area contributed by atoms with E-state index in [1.54, 1.807) is 13.4 Å². The quantitative estimate of drug-likeness (QED) is 0.812. The second-order valence-corrected chi connectivity index (χ2v) is 6.01. The minimum atomic E-state index is -0.810. The molecule has 2 heterocycles. The summed E-state index contributed by atoms with van der Waals surface area (Å²) in [6.45, 7) is 4.61. The normalized spacial score (nSPS) is 16.4. The minimum absolute atomic E-state index is 0.109. The van der Waals surface area contributed by atoms with Crippen LogP contribution in [-0.2, 0) is 4.65 Å². The van der Waals surface area contributed by atoms with Crippen LogP contribution in [0.3, 0.4) is 0 Å². The van der Waals surface area contributed by atoms with Crippen molar-refractivity contribution in [1.29, 1.82) is 0 Å². The minimum Gasteiger partial charge on any atom is -0.541 e. The fourth-order valence-electron chi connectivity index (χ4n) is 2.73. The number of aromatic nitrogens is 1. The molecule has 0 spiro atoms. The van der Waals surface area contributed by atoms with E-state index in [1.165, 1.54) is 0 Å². The average Bonchev–Trinajstić information content (AvgIpc) is 2.98. The summed E-state index contributed by atoms with van der Waals surface area (Å²) >= 11 is 0. The third-order valence-corrected chi connectivity index (χ3v) is 4.22. The lowest BCUT2D eigenvalue weighted by Gasteiger charge is -2.13. The monoisotopic (exact) mass is 339 g/mol. The predicted octanol–water partition coefficient (Wildman–Crippen LogP) is 3.79. The summed E-state index contributed by atoms with van der Waals surface area (Å²) in [6, 6.07) is 11.6. The topological polar surface area (TPSA) is 60.8 Å². The van der Waals surface area contributed by atoms with E-state index in [4.69, 9.17) is 19.1 Å². The molecule has 25 heavy (non-hydrogen) atoms. The van der Waals surface area contributed by atoms with Gasteiger partial charge in [-0.15, -0.1) is 0 Å². The summed E-state index contributed by atoms with van der Waals surface area (Å²) in [7, 11) is 0.821. The molecule has 1 aliphatic rings. The molecule has 1 atom stereocenters. The maximum atomic E-state index is 9.76. The Bertz CT molecular complexity index is 778. The van der Waals surface area contributed by atoms with Gasteiger partial charge in [0, 0.05) is 17.0 Å². The van der Waals surface area contributed by atoms with Crippen molar-refractivity contribution in [3.05, 3.63) is 48.4 Å². The number of hydrogen-bond donors (Lipinski definition) is 1. The Hall–Kier alpha value is -2.47. The molecule has 0 amide bonds. The van der Waals surface area contributed by atoms with Gasteiger partial charge < -0.3 is 19.2 Å². The summed E-state index contributed by atoms with van der Waals surface area (Å²) < 4.78 is 16.3. The number of hydrogen-bond acceptors (Lipinski definition) is 5. The van der Waals surface area contributed by atoms with Gasteiger partial charge in [0.2, 0.25) is 0 Å². The molecule has 0 saturated carbocycles. The van der Waals surface area contributed by atoms with Gasteiger partial charge in [-0.05, 0) is 36.8 Å². The lowest BCUT2D eigenvalue weighted by Crippen LogP contribution is -2.15. The molecule has 1 unspecified atom stereocenters. The van der Waals surface area contributed by atoms with Crippen LogP contribution in [0.5, 0.6) is 11.5 Å². The van der Waals surface area contributed by atoms with Crippen LogP contribution in [0.2, 0.25) is 5.82 Å². The van der Waals surface area contributed by atoms with Gasteiger partial charge in [-0.3, -0.25) is 0 Å². The molecule has 0 bridgehead atoms. The van der Waals surface area contributed by atoms with E-state index < -0.39 is 7.12 Å². The lowest BCUT2D eigenvalue weighted by molar-refractivity contribution is 0.294.